The van der Waals surface area contributed by atoms with Gasteiger partial charge in [-0.05, 0) is 60.6 Å². The van der Waals surface area contributed by atoms with Crippen molar-refractivity contribution in [1.29, 1.82) is 0 Å². The van der Waals surface area contributed by atoms with Crippen LogP contribution >= 0.6 is 0 Å². The van der Waals surface area contributed by atoms with Crippen LogP contribution in [0.4, 0.5) is 0 Å². The molecule has 0 aliphatic carbocycles. The van der Waals surface area contributed by atoms with Gasteiger partial charge in [-0.2, -0.15) is 0 Å². The summed E-state index contributed by atoms with van der Waals surface area (Å²) in [7, 11) is -2.30. The summed E-state index contributed by atoms with van der Waals surface area (Å²) in [6.07, 6.45) is 5.87. The normalized spacial score (nSPS) is 14.8. The number of nitrogens with one attached hydrogen (secondary N) is 1. The minimum Gasteiger partial charge on any atom is -0.496 e. The van der Waals surface area contributed by atoms with E-state index >= 15 is 0 Å². The van der Waals surface area contributed by atoms with E-state index in [-0.39, 0.29) is 17.3 Å². The molecule has 1 aliphatic rings. The molecule has 7 heteroatoms. The molecule has 3 rings (SSSR count). The van der Waals surface area contributed by atoms with E-state index in [9.17, 15) is 13.2 Å². The zero-order valence-electron chi connectivity index (χ0n) is 19.3. The second kappa shape index (κ2) is 11.0. The number of aryl methyl sites for hydroxylation is 2. The van der Waals surface area contributed by atoms with Gasteiger partial charge < -0.3 is 9.64 Å². The number of amides is 1. The second-order valence-electron chi connectivity index (χ2n) is 8.20. The summed E-state index contributed by atoms with van der Waals surface area (Å²) in [6, 6.07) is 10.7. The highest BCUT2D eigenvalue weighted by Gasteiger charge is 2.24. The fourth-order valence-corrected chi connectivity index (χ4v) is 5.16. The number of nitrogens with zero attached hydrogens (tertiary/aromatic N) is 1. The molecule has 0 unspecified atom stereocenters. The Hall–Kier alpha value is -2.38. The largest absolute Gasteiger partial charge is 0.496 e. The minimum atomic E-state index is -3.80. The maximum Gasteiger partial charge on any atom is 0.257 e. The first-order valence-electron chi connectivity index (χ1n) is 11.5. The lowest BCUT2D eigenvalue weighted by atomic mass is 10.0. The van der Waals surface area contributed by atoms with E-state index in [1.807, 2.05) is 0 Å². The van der Waals surface area contributed by atoms with Crippen molar-refractivity contribution in [1.82, 2.24) is 9.62 Å². The number of hydrogen-bond acceptors (Lipinski definition) is 4. The SMILES string of the molecule is CCc1ccc(CC)c(CNS(=O)(=O)c2ccc(OC)c(C(=O)N3CCCCCC3)c2)c1. The van der Waals surface area contributed by atoms with E-state index in [2.05, 4.69) is 36.8 Å². The molecule has 6 nitrogen and oxygen atoms in total. The summed E-state index contributed by atoms with van der Waals surface area (Å²) in [5, 5.41) is 0. The van der Waals surface area contributed by atoms with Crippen LogP contribution in [-0.2, 0) is 29.4 Å². The summed E-state index contributed by atoms with van der Waals surface area (Å²) in [5.41, 5.74) is 3.56. The van der Waals surface area contributed by atoms with Crippen LogP contribution in [0.15, 0.2) is 41.3 Å². The van der Waals surface area contributed by atoms with Crippen molar-refractivity contribution in [2.75, 3.05) is 20.2 Å². The van der Waals surface area contributed by atoms with Crippen LogP contribution in [0.5, 0.6) is 5.75 Å². The number of carbonyl (C=O) groups is 1. The topological polar surface area (TPSA) is 75.7 Å². The van der Waals surface area contributed by atoms with Crippen LogP contribution in [0.3, 0.4) is 0 Å². The van der Waals surface area contributed by atoms with Crippen LogP contribution in [0.25, 0.3) is 0 Å². The molecule has 2 aromatic carbocycles. The maximum atomic E-state index is 13.2. The van der Waals surface area contributed by atoms with Crippen molar-refractivity contribution in [2.24, 2.45) is 0 Å². The molecule has 0 saturated carbocycles. The second-order valence-corrected chi connectivity index (χ2v) is 9.97. The third-order valence-electron chi connectivity index (χ3n) is 6.12. The summed E-state index contributed by atoms with van der Waals surface area (Å²) in [5.74, 6) is 0.215. The fourth-order valence-electron chi connectivity index (χ4n) is 4.13. The van der Waals surface area contributed by atoms with Crippen LogP contribution in [0, 0.1) is 0 Å². The molecule has 1 N–H and O–H groups in total. The number of carbonyl (C=O) groups excluding carboxylic acids is 1. The monoisotopic (exact) mass is 458 g/mol. The molecule has 1 fully saturated rings. The van der Waals surface area contributed by atoms with Crippen LogP contribution < -0.4 is 9.46 Å². The average Bonchev–Trinajstić information content (AvgIpc) is 3.11. The lowest BCUT2D eigenvalue weighted by Gasteiger charge is -2.22. The van der Waals surface area contributed by atoms with Crippen molar-refractivity contribution >= 4 is 15.9 Å². The molecule has 1 aliphatic heterocycles. The zero-order valence-corrected chi connectivity index (χ0v) is 20.1. The van der Waals surface area contributed by atoms with Gasteiger partial charge in [0.2, 0.25) is 10.0 Å². The van der Waals surface area contributed by atoms with Crippen molar-refractivity contribution < 1.29 is 17.9 Å². The fraction of sp³-hybridized carbons (Fsp3) is 0.480. The summed E-state index contributed by atoms with van der Waals surface area (Å²) in [6.45, 7) is 5.72. The number of hydrogen-bond donors (Lipinski definition) is 1. The zero-order chi connectivity index (χ0) is 23.1. The summed E-state index contributed by atoms with van der Waals surface area (Å²) >= 11 is 0. The van der Waals surface area contributed by atoms with Crippen molar-refractivity contribution in [2.45, 2.75) is 63.8 Å². The Kier molecular flexibility index (Phi) is 8.32. The van der Waals surface area contributed by atoms with Gasteiger partial charge in [-0.25, -0.2) is 13.1 Å². The highest BCUT2D eigenvalue weighted by atomic mass is 32.2. The molecule has 0 bridgehead atoms. The predicted octanol–water partition coefficient (Wildman–Crippen LogP) is 4.31. The number of rotatable bonds is 8. The highest BCUT2D eigenvalue weighted by Crippen LogP contribution is 2.25. The number of sulfonamides is 1. The number of methoxy groups -OCH3 is 1. The maximum absolute atomic E-state index is 13.2. The third-order valence-corrected chi connectivity index (χ3v) is 7.52. The number of likely N-dealkylation sites (tertiary alicyclic amines) is 1. The average molecular weight is 459 g/mol. The van der Waals surface area contributed by atoms with Gasteiger partial charge in [0, 0.05) is 19.6 Å². The predicted molar refractivity (Wildman–Crippen MR) is 127 cm³/mol. The minimum absolute atomic E-state index is 0.0705. The van der Waals surface area contributed by atoms with Crippen LogP contribution in [-0.4, -0.2) is 39.4 Å². The molecule has 1 saturated heterocycles. The molecule has 0 atom stereocenters. The first kappa shape index (κ1) is 24.3. The molecular weight excluding hydrogens is 424 g/mol. The first-order chi connectivity index (χ1) is 15.4. The molecule has 0 spiro atoms. The quantitative estimate of drug-likeness (QED) is 0.639. The Morgan fingerprint density at radius 1 is 0.969 bits per heavy atom. The molecule has 2 aromatic rings. The Bertz CT molecular complexity index is 1040. The first-order valence-corrected chi connectivity index (χ1v) is 13.0. The highest BCUT2D eigenvalue weighted by molar-refractivity contribution is 7.89. The van der Waals surface area contributed by atoms with E-state index in [0.717, 1.165) is 49.7 Å². The van der Waals surface area contributed by atoms with E-state index in [0.29, 0.717) is 24.4 Å². The van der Waals surface area contributed by atoms with Gasteiger partial charge in [0.25, 0.3) is 5.91 Å². The lowest BCUT2D eigenvalue weighted by molar-refractivity contribution is 0.0758. The molecule has 0 radical (unpaired) electrons. The molecule has 174 valence electrons. The van der Waals surface area contributed by atoms with E-state index < -0.39 is 10.0 Å². The van der Waals surface area contributed by atoms with Crippen LogP contribution in [0.2, 0.25) is 0 Å². The molecule has 1 amide bonds. The van der Waals surface area contributed by atoms with Gasteiger partial charge in [-0.1, -0.05) is 44.9 Å². The Balaban J connectivity index is 1.85. The Morgan fingerprint density at radius 2 is 1.69 bits per heavy atom. The third kappa shape index (κ3) is 5.70. The van der Waals surface area contributed by atoms with E-state index in [4.69, 9.17) is 4.74 Å². The van der Waals surface area contributed by atoms with E-state index in [1.165, 1.54) is 24.8 Å². The standard InChI is InChI=1S/C25H34N2O4S/c1-4-19-10-11-20(5-2)21(16-19)18-26-32(29,30)22-12-13-24(31-3)23(17-22)25(28)27-14-8-6-7-9-15-27/h10-13,16-17,26H,4-9,14-15,18H2,1-3H3. The van der Waals surface area contributed by atoms with Gasteiger partial charge in [0.05, 0.1) is 17.6 Å². The Labute approximate surface area is 192 Å². The molecule has 32 heavy (non-hydrogen) atoms. The van der Waals surface area contributed by atoms with Gasteiger partial charge in [-0.3, -0.25) is 4.79 Å². The van der Waals surface area contributed by atoms with Gasteiger partial charge in [0.15, 0.2) is 0 Å². The Morgan fingerprint density at radius 3 is 2.31 bits per heavy atom. The smallest absolute Gasteiger partial charge is 0.257 e. The lowest BCUT2D eigenvalue weighted by Crippen LogP contribution is -2.32. The van der Waals surface area contributed by atoms with Gasteiger partial charge >= 0.3 is 0 Å². The van der Waals surface area contributed by atoms with Crippen molar-refractivity contribution in [3.8, 4) is 5.75 Å². The van der Waals surface area contributed by atoms with Gasteiger partial charge in [0.1, 0.15) is 5.75 Å². The van der Waals surface area contributed by atoms with Crippen molar-refractivity contribution in [3.05, 3.63) is 58.7 Å². The van der Waals surface area contributed by atoms with Crippen molar-refractivity contribution in [3.63, 3.8) is 0 Å². The molecular formula is C25H34N2O4S. The molecule has 0 aromatic heterocycles. The van der Waals surface area contributed by atoms with E-state index in [1.54, 1.807) is 11.0 Å². The number of benzene rings is 2. The number of ether oxygens (including phenoxy) is 1. The summed E-state index contributed by atoms with van der Waals surface area (Å²) < 4.78 is 34.3. The summed E-state index contributed by atoms with van der Waals surface area (Å²) in [4.78, 5) is 15.1. The van der Waals surface area contributed by atoms with Gasteiger partial charge in [-0.15, -0.1) is 0 Å². The molecule has 1 heterocycles. The van der Waals surface area contributed by atoms with Crippen LogP contribution in [0.1, 0.15) is 66.6 Å².